The van der Waals surface area contributed by atoms with Crippen LogP contribution in [0.5, 0.6) is 11.5 Å². The molecule has 3 heterocycles. The van der Waals surface area contributed by atoms with E-state index in [9.17, 15) is 9.59 Å². The number of urea groups is 1. The third-order valence-electron chi connectivity index (χ3n) is 5.66. The Bertz CT molecular complexity index is 939. The molecule has 1 aromatic carbocycles. The number of likely N-dealkylation sites (tertiary alicyclic amines) is 1. The van der Waals surface area contributed by atoms with Crippen LogP contribution in [0.1, 0.15) is 23.6 Å². The number of benzene rings is 1. The molecule has 0 spiro atoms. The molecule has 0 unspecified atom stereocenters. The van der Waals surface area contributed by atoms with E-state index in [1.807, 2.05) is 39.8 Å². The van der Waals surface area contributed by atoms with Gasteiger partial charge in [-0.25, -0.2) is 4.79 Å². The Morgan fingerprint density at radius 3 is 2.71 bits per heavy atom. The maximum absolute atomic E-state index is 12.7. The standard InChI is InChI=1S/C21H25N3O4/c1-27-18-7-6-14(9-19(18)28-2)10-22-21(26)23-11-15-8-16(13-23)17-4-3-5-20(25)24(17)12-15/h3-7,9,15-16H,8,10-13H2,1-2H3,(H,22,26)/t15-,16-/m0/s1. The summed E-state index contributed by atoms with van der Waals surface area (Å²) in [5, 5.41) is 3.00. The number of aromatic nitrogens is 1. The Balaban J connectivity index is 1.42. The van der Waals surface area contributed by atoms with Gasteiger partial charge >= 0.3 is 6.03 Å². The molecular weight excluding hydrogens is 358 g/mol. The number of hydrogen-bond acceptors (Lipinski definition) is 4. The fraction of sp³-hybridized carbons (Fsp3) is 0.429. The summed E-state index contributed by atoms with van der Waals surface area (Å²) in [5.41, 5.74) is 2.04. The molecule has 2 aromatic rings. The molecule has 2 bridgehead atoms. The van der Waals surface area contributed by atoms with Gasteiger partial charge in [0.2, 0.25) is 0 Å². The number of nitrogens with zero attached hydrogens (tertiary/aromatic N) is 2. The Labute approximate surface area is 163 Å². The number of carbonyl (C=O) groups excluding carboxylic acids is 1. The average molecular weight is 383 g/mol. The van der Waals surface area contributed by atoms with E-state index in [-0.39, 0.29) is 17.5 Å². The molecule has 0 aliphatic carbocycles. The van der Waals surface area contributed by atoms with Gasteiger partial charge in [0.25, 0.3) is 5.56 Å². The highest BCUT2D eigenvalue weighted by atomic mass is 16.5. The Morgan fingerprint density at radius 1 is 1.11 bits per heavy atom. The maximum atomic E-state index is 12.7. The van der Waals surface area contributed by atoms with E-state index in [0.717, 1.165) is 17.7 Å². The van der Waals surface area contributed by atoms with Crippen LogP contribution in [0.25, 0.3) is 0 Å². The molecule has 0 saturated carbocycles. The quantitative estimate of drug-likeness (QED) is 0.879. The van der Waals surface area contributed by atoms with Crippen molar-refractivity contribution in [2.45, 2.75) is 25.4 Å². The van der Waals surface area contributed by atoms with Gasteiger partial charge in [-0.2, -0.15) is 0 Å². The van der Waals surface area contributed by atoms with Crippen LogP contribution in [0.15, 0.2) is 41.2 Å². The van der Waals surface area contributed by atoms with Gasteiger partial charge in [0, 0.05) is 43.9 Å². The van der Waals surface area contributed by atoms with E-state index in [2.05, 4.69) is 5.32 Å². The van der Waals surface area contributed by atoms with Crippen LogP contribution in [0, 0.1) is 5.92 Å². The molecule has 148 valence electrons. The van der Waals surface area contributed by atoms with Crippen molar-refractivity contribution in [3.8, 4) is 11.5 Å². The number of methoxy groups -OCH3 is 2. The number of fused-ring (bicyclic) bond motifs is 4. The normalized spacial score (nSPS) is 20.3. The number of rotatable bonds is 4. The molecule has 1 aromatic heterocycles. The SMILES string of the molecule is COc1ccc(CNC(=O)N2C[C@@H]3C[C@@H](C2)c2cccc(=O)n2C3)cc1OC. The third-order valence-corrected chi connectivity index (χ3v) is 5.66. The molecular formula is C21H25N3O4. The van der Waals surface area contributed by atoms with Gasteiger partial charge < -0.3 is 24.3 Å². The van der Waals surface area contributed by atoms with Crippen molar-refractivity contribution in [1.82, 2.24) is 14.8 Å². The van der Waals surface area contributed by atoms with Crippen LogP contribution in [-0.2, 0) is 13.1 Å². The van der Waals surface area contributed by atoms with Crippen LogP contribution in [0.4, 0.5) is 4.79 Å². The molecule has 2 amide bonds. The van der Waals surface area contributed by atoms with Gasteiger partial charge in [-0.15, -0.1) is 0 Å². The monoisotopic (exact) mass is 383 g/mol. The van der Waals surface area contributed by atoms with Crippen molar-refractivity contribution in [3.05, 3.63) is 58.0 Å². The topological polar surface area (TPSA) is 72.8 Å². The van der Waals surface area contributed by atoms with Crippen LogP contribution in [0.3, 0.4) is 0 Å². The van der Waals surface area contributed by atoms with Crippen molar-refractivity contribution in [3.63, 3.8) is 0 Å². The summed E-state index contributed by atoms with van der Waals surface area (Å²) in [4.78, 5) is 26.7. The van der Waals surface area contributed by atoms with E-state index in [0.29, 0.717) is 43.6 Å². The second-order valence-electron chi connectivity index (χ2n) is 7.45. The zero-order valence-corrected chi connectivity index (χ0v) is 16.2. The molecule has 1 N–H and O–H groups in total. The van der Waals surface area contributed by atoms with Crippen LogP contribution in [-0.4, -0.2) is 42.8 Å². The van der Waals surface area contributed by atoms with Crippen molar-refractivity contribution in [1.29, 1.82) is 0 Å². The zero-order valence-electron chi connectivity index (χ0n) is 16.2. The number of piperidine rings is 1. The lowest BCUT2D eigenvalue weighted by molar-refractivity contribution is 0.131. The first kappa shape index (κ1) is 18.4. The zero-order chi connectivity index (χ0) is 19.7. The van der Waals surface area contributed by atoms with E-state index >= 15 is 0 Å². The Hall–Kier alpha value is -2.96. The summed E-state index contributed by atoms with van der Waals surface area (Å²) in [7, 11) is 3.19. The van der Waals surface area contributed by atoms with E-state index in [4.69, 9.17) is 9.47 Å². The summed E-state index contributed by atoms with van der Waals surface area (Å²) < 4.78 is 12.4. The van der Waals surface area contributed by atoms with Gasteiger partial charge in [-0.3, -0.25) is 4.79 Å². The van der Waals surface area contributed by atoms with Crippen molar-refractivity contribution < 1.29 is 14.3 Å². The molecule has 2 atom stereocenters. The highest BCUT2D eigenvalue weighted by Gasteiger charge is 2.36. The first-order valence-corrected chi connectivity index (χ1v) is 9.52. The van der Waals surface area contributed by atoms with Crippen LogP contribution < -0.4 is 20.3 Å². The predicted octanol–water partition coefficient (Wildman–Crippen LogP) is 2.19. The van der Waals surface area contributed by atoms with Crippen LogP contribution in [0.2, 0.25) is 0 Å². The fourth-order valence-electron chi connectivity index (χ4n) is 4.34. The minimum absolute atomic E-state index is 0.0542. The molecule has 28 heavy (non-hydrogen) atoms. The van der Waals surface area contributed by atoms with Crippen molar-refractivity contribution in [2.75, 3.05) is 27.3 Å². The molecule has 7 heteroatoms. The number of hydrogen-bond donors (Lipinski definition) is 1. The summed E-state index contributed by atoms with van der Waals surface area (Å²) in [6.45, 7) is 2.42. The molecule has 7 nitrogen and oxygen atoms in total. The predicted molar refractivity (Wildman–Crippen MR) is 105 cm³/mol. The smallest absolute Gasteiger partial charge is 0.317 e. The summed E-state index contributed by atoms with van der Waals surface area (Å²) in [5.74, 6) is 1.84. The second-order valence-corrected chi connectivity index (χ2v) is 7.45. The minimum atomic E-state index is -0.0730. The first-order chi connectivity index (χ1) is 13.6. The van der Waals surface area contributed by atoms with Crippen LogP contribution >= 0.6 is 0 Å². The number of pyridine rings is 1. The lowest BCUT2D eigenvalue weighted by Crippen LogP contribution is -2.51. The number of ether oxygens (including phenoxy) is 2. The summed E-state index contributed by atoms with van der Waals surface area (Å²) in [6, 6.07) is 11.0. The average Bonchev–Trinajstić information content (AvgIpc) is 2.72. The highest BCUT2D eigenvalue weighted by molar-refractivity contribution is 5.74. The van der Waals surface area contributed by atoms with E-state index in [1.54, 1.807) is 20.3 Å². The Kier molecular flexibility index (Phi) is 4.98. The second kappa shape index (κ2) is 7.58. The van der Waals surface area contributed by atoms with Crippen molar-refractivity contribution in [2.24, 2.45) is 5.92 Å². The molecule has 2 aliphatic rings. The van der Waals surface area contributed by atoms with Crippen molar-refractivity contribution >= 4 is 6.03 Å². The Morgan fingerprint density at radius 2 is 1.93 bits per heavy atom. The third kappa shape index (κ3) is 3.44. The summed E-state index contributed by atoms with van der Waals surface area (Å²) >= 11 is 0. The molecule has 1 saturated heterocycles. The first-order valence-electron chi connectivity index (χ1n) is 9.52. The van der Waals surface area contributed by atoms with Gasteiger partial charge in [0.05, 0.1) is 14.2 Å². The van der Waals surface area contributed by atoms with Gasteiger partial charge in [0.15, 0.2) is 11.5 Å². The van der Waals surface area contributed by atoms with Gasteiger partial charge in [0.1, 0.15) is 0 Å². The van der Waals surface area contributed by atoms with Gasteiger partial charge in [-0.1, -0.05) is 12.1 Å². The molecule has 2 aliphatic heterocycles. The lowest BCUT2D eigenvalue weighted by atomic mass is 9.83. The largest absolute Gasteiger partial charge is 0.493 e. The highest BCUT2D eigenvalue weighted by Crippen LogP contribution is 2.35. The molecule has 0 radical (unpaired) electrons. The van der Waals surface area contributed by atoms with E-state index < -0.39 is 0 Å². The fourth-order valence-corrected chi connectivity index (χ4v) is 4.34. The lowest BCUT2D eigenvalue weighted by Gasteiger charge is -2.42. The molecule has 1 fully saturated rings. The number of nitrogens with one attached hydrogen (secondary N) is 1. The minimum Gasteiger partial charge on any atom is -0.493 e. The maximum Gasteiger partial charge on any atom is 0.317 e. The van der Waals surface area contributed by atoms with Gasteiger partial charge in [-0.05, 0) is 36.1 Å². The van der Waals surface area contributed by atoms with E-state index in [1.165, 1.54) is 0 Å². The summed E-state index contributed by atoms with van der Waals surface area (Å²) in [6.07, 6.45) is 1.03. The number of carbonyl (C=O) groups is 1. The molecule has 4 rings (SSSR count). The number of amides is 2.